The van der Waals surface area contributed by atoms with Crippen LogP contribution in [0.1, 0.15) is 10.4 Å². The maximum atomic E-state index is 12.3. The fraction of sp³-hybridized carbons (Fsp3) is 0.286. The first kappa shape index (κ1) is 13.4. The molecule has 1 aliphatic rings. The highest BCUT2D eigenvalue weighted by Gasteiger charge is 2.18. The summed E-state index contributed by atoms with van der Waals surface area (Å²) in [4.78, 5) is 14.1. The standard InChI is InChI=1S/C14H17N5O2/c15-12-9-16-18-13(12)17-11-3-1-10(2-4-11)14(20)19-5-7-21-8-6-19/h1-4,9H,5-8,15H2,(H2,16,17,18). The van der Waals surface area contributed by atoms with Crippen molar-refractivity contribution in [1.82, 2.24) is 15.1 Å². The number of rotatable bonds is 3. The van der Waals surface area contributed by atoms with E-state index in [2.05, 4.69) is 15.5 Å². The summed E-state index contributed by atoms with van der Waals surface area (Å²) in [5.41, 5.74) is 7.78. The summed E-state index contributed by atoms with van der Waals surface area (Å²) < 4.78 is 5.25. The molecule has 7 heteroatoms. The Kier molecular flexibility index (Phi) is 3.74. The minimum Gasteiger partial charge on any atom is -0.394 e. The van der Waals surface area contributed by atoms with Gasteiger partial charge in [0.2, 0.25) is 0 Å². The second-order valence-electron chi connectivity index (χ2n) is 4.81. The van der Waals surface area contributed by atoms with Gasteiger partial charge in [0.15, 0.2) is 0 Å². The Labute approximate surface area is 122 Å². The molecule has 0 bridgehead atoms. The van der Waals surface area contributed by atoms with Gasteiger partial charge in [-0.3, -0.25) is 9.89 Å². The highest BCUT2D eigenvalue weighted by molar-refractivity contribution is 5.94. The number of carbonyl (C=O) groups is 1. The number of carbonyl (C=O) groups excluding carboxylic acids is 1. The summed E-state index contributed by atoms with van der Waals surface area (Å²) in [5.74, 6) is 0.674. The highest BCUT2D eigenvalue weighted by atomic mass is 16.5. The largest absolute Gasteiger partial charge is 0.394 e. The highest BCUT2D eigenvalue weighted by Crippen LogP contribution is 2.20. The lowest BCUT2D eigenvalue weighted by Crippen LogP contribution is -2.40. The van der Waals surface area contributed by atoms with Gasteiger partial charge in [0.1, 0.15) is 5.82 Å². The van der Waals surface area contributed by atoms with Crippen molar-refractivity contribution in [3.8, 4) is 0 Å². The lowest BCUT2D eigenvalue weighted by atomic mass is 10.1. The minimum absolute atomic E-state index is 0.0332. The van der Waals surface area contributed by atoms with E-state index in [0.717, 1.165) is 5.69 Å². The van der Waals surface area contributed by atoms with Crippen LogP contribution in [0.15, 0.2) is 30.5 Å². The molecule has 7 nitrogen and oxygen atoms in total. The summed E-state index contributed by atoms with van der Waals surface area (Å²) in [6.07, 6.45) is 1.54. The molecule has 1 fully saturated rings. The molecule has 0 saturated carbocycles. The summed E-state index contributed by atoms with van der Waals surface area (Å²) in [5, 5.41) is 9.72. The Bertz CT molecular complexity index is 617. The molecule has 4 N–H and O–H groups in total. The Hall–Kier alpha value is -2.54. The van der Waals surface area contributed by atoms with Crippen molar-refractivity contribution >= 4 is 23.1 Å². The van der Waals surface area contributed by atoms with Crippen molar-refractivity contribution in [3.05, 3.63) is 36.0 Å². The van der Waals surface area contributed by atoms with Gasteiger partial charge in [0, 0.05) is 24.3 Å². The number of nitrogens with two attached hydrogens (primary N) is 1. The quantitative estimate of drug-likeness (QED) is 0.788. The number of nitrogen functional groups attached to an aromatic ring is 1. The number of amides is 1. The van der Waals surface area contributed by atoms with Crippen LogP contribution in [0.2, 0.25) is 0 Å². The van der Waals surface area contributed by atoms with Crippen molar-refractivity contribution in [2.45, 2.75) is 0 Å². The molecular weight excluding hydrogens is 270 g/mol. The Balaban J connectivity index is 1.68. The van der Waals surface area contributed by atoms with Gasteiger partial charge >= 0.3 is 0 Å². The Morgan fingerprint density at radius 3 is 2.62 bits per heavy atom. The van der Waals surface area contributed by atoms with E-state index < -0.39 is 0 Å². The van der Waals surface area contributed by atoms with Gasteiger partial charge in [0.05, 0.1) is 25.1 Å². The molecule has 0 aliphatic carbocycles. The number of nitrogens with zero attached hydrogens (tertiary/aromatic N) is 2. The van der Waals surface area contributed by atoms with E-state index in [9.17, 15) is 4.79 Å². The third-order valence-corrected chi connectivity index (χ3v) is 3.37. The van der Waals surface area contributed by atoms with Crippen molar-refractivity contribution in [1.29, 1.82) is 0 Å². The lowest BCUT2D eigenvalue weighted by Gasteiger charge is -2.26. The zero-order chi connectivity index (χ0) is 14.7. The zero-order valence-electron chi connectivity index (χ0n) is 11.5. The second-order valence-corrected chi connectivity index (χ2v) is 4.81. The molecule has 0 atom stereocenters. The number of aromatic amines is 1. The molecule has 2 aromatic rings. The average Bonchev–Trinajstić information content (AvgIpc) is 2.93. The summed E-state index contributed by atoms with van der Waals surface area (Å²) in [6, 6.07) is 7.28. The minimum atomic E-state index is 0.0332. The van der Waals surface area contributed by atoms with Crippen molar-refractivity contribution in [2.24, 2.45) is 0 Å². The number of ether oxygens (including phenoxy) is 1. The van der Waals surface area contributed by atoms with Gasteiger partial charge in [-0.05, 0) is 24.3 Å². The molecule has 3 rings (SSSR count). The van der Waals surface area contributed by atoms with Crippen molar-refractivity contribution in [3.63, 3.8) is 0 Å². The third kappa shape index (κ3) is 2.97. The topological polar surface area (TPSA) is 96.3 Å². The second kappa shape index (κ2) is 5.84. The van der Waals surface area contributed by atoms with Gasteiger partial charge < -0.3 is 20.7 Å². The molecule has 1 saturated heterocycles. The molecule has 1 aromatic carbocycles. The molecule has 1 aromatic heterocycles. The van der Waals surface area contributed by atoms with Crippen LogP contribution in [0.5, 0.6) is 0 Å². The Morgan fingerprint density at radius 1 is 1.29 bits per heavy atom. The maximum Gasteiger partial charge on any atom is 0.254 e. The molecule has 0 spiro atoms. The first-order chi connectivity index (χ1) is 10.2. The maximum absolute atomic E-state index is 12.3. The number of H-pyrrole nitrogens is 1. The van der Waals surface area contributed by atoms with Gasteiger partial charge in [-0.2, -0.15) is 5.10 Å². The lowest BCUT2D eigenvalue weighted by molar-refractivity contribution is 0.0303. The van der Waals surface area contributed by atoms with E-state index in [4.69, 9.17) is 10.5 Å². The van der Waals surface area contributed by atoms with Crippen LogP contribution in [-0.2, 0) is 4.74 Å². The predicted molar refractivity (Wildman–Crippen MR) is 79.4 cm³/mol. The normalized spacial score (nSPS) is 15.0. The van der Waals surface area contributed by atoms with E-state index in [0.29, 0.717) is 43.4 Å². The zero-order valence-corrected chi connectivity index (χ0v) is 11.5. The Morgan fingerprint density at radius 2 is 2.00 bits per heavy atom. The number of morpholine rings is 1. The van der Waals surface area contributed by atoms with Crippen molar-refractivity contribution in [2.75, 3.05) is 37.4 Å². The van der Waals surface area contributed by atoms with Crippen LogP contribution in [0.25, 0.3) is 0 Å². The molecule has 1 amide bonds. The molecule has 21 heavy (non-hydrogen) atoms. The fourth-order valence-corrected chi connectivity index (χ4v) is 2.19. The third-order valence-electron chi connectivity index (χ3n) is 3.37. The smallest absolute Gasteiger partial charge is 0.254 e. The number of hydrogen-bond donors (Lipinski definition) is 3. The monoisotopic (exact) mass is 287 g/mol. The summed E-state index contributed by atoms with van der Waals surface area (Å²) >= 11 is 0. The van der Waals surface area contributed by atoms with E-state index in [1.165, 1.54) is 0 Å². The van der Waals surface area contributed by atoms with Gasteiger partial charge in [0.25, 0.3) is 5.91 Å². The molecular formula is C14H17N5O2. The SMILES string of the molecule is Nc1cn[nH]c1Nc1ccc(C(=O)N2CCOCC2)cc1. The van der Waals surface area contributed by atoms with Crippen LogP contribution in [-0.4, -0.2) is 47.3 Å². The van der Waals surface area contributed by atoms with Crippen LogP contribution in [0, 0.1) is 0 Å². The van der Waals surface area contributed by atoms with Crippen molar-refractivity contribution < 1.29 is 9.53 Å². The van der Waals surface area contributed by atoms with Crippen LogP contribution in [0.4, 0.5) is 17.2 Å². The first-order valence-electron chi connectivity index (χ1n) is 6.77. The van der Waals surface area contributed by atoms with E-state index in [-0.39, 0.29) is 5.91 Å². The predicted octanol–water partition coefficient (Wildman–Crippen LogP) is 1.21. The molecule has 1 aliphatic heterocycles. The van der Waals surface area contributed by atoms with Gasteiger partial charge in [-0.1, -0.05) is 0 Å². The molecule has 0 unspecified atom stereocenters. The van der Waals surface area contributed by atoms with Gasteiger partial charge in [-0.25, -0.2) is 0 Å². The first-order valence-corrected chi connectivity index (χ1v) is 6.77. The molecule has 0 radical (unpaired) electrons. The molecule has 110 valence electrons. The van der Waals surface area contributed by atoms with Gasteiger partial charge in [-0.15, -0.1) is 0 Å². The fourth-order valence-electron chi connectivity index (χ4n) is 2.19. The number of nitrogens with one attached hydrogen (secondary N) is 2. The van der Waals surface area contributed by atoms with Crippen LogP contribution in [0.3, 0.4) is 0 Å². The van der Waals surface area contributed by atoms with Crippen LogP contribution >= 0.6 is 0 Å². The van der Waals surface area contributed by atoms with E-state index >= 15 is 0 Å². The molecule has 2 heterocycles. The number of aromatic nitrogens is 2. The summed E-state index contributed by atoms with van der Waals surface area (Å²) in [6.45, 7) is 2.49. The van der Waals surface area contributed by atoms with E-state index in [1.54, 1.807) is 23.2 Å². The number of hydrogen-bond acceptors (Lipinski definition) is 5. The average molecular weight is 287 g/mol. The number of anilines is 3. The number of benzene rings is 1. The summed E-state index contributed by atoms with van der Waals surface area (Å²) in [7, 11) is 0. The van der Waals surface area contributed by atoms with E-state index in [1.807, 2.05) is 12.1 Å². The van der Waals surface area contributed by atoms with Crippen LogP contribution < -0.4 is 11.1 Å².